The summed E-state index contributed by atoms with van der Waals surface area (Å²) in [6, 6.07) is 10.6. The van der Waals surface area contributed by atoms with Crippen LogP contribution in [0.3, 0.4) is 0 Å². The Morgan fingerprint density at radius 1 is 1.15 bits per heavy atom. The van der Waals surface area contributed by atoms with Crippen LogP contribution in [-0.2, 0) is 4.74 Å². The van der Waals surface area contributed by atoms with Gasteiger partial charge in [-0.1, -0.05) is 42.5 Å². The lowest BCUT2D eigenvalue weighted by Crippen LogP contribution is -2.09. The largest absolute Gasteiger partial charge is 0.368 e. The fourth-order valence-corrected chi connectivity index (χ4v) is 2.11. The fraction of sp³-hybridized carbons (Fsp3) is 0.333. The van der Waals surface area contributed by atoms with E-state index in [1.165, 1.54) is 5.56 Å². The lowest BCUT2D eigenvalue weighted by Gasteiger charge is -2.12. The van der Waals surface area contributed by atoms with Crippen molar-refractivity contribution in [3.63, 3.8) is 0 Å². The predicted octanol–water partition coefficient (Wildman–Crippen LogP) is 2.50. The highest BCUT2D eigenvalue weighted by Crippen LogP contribution is 2.42. The van der Waals surface area contributed by atoms with Crippen molar-refractivity contribution in [2.45, 2.75) is 24.5 Å². The Morgan fingerprint density at radius 3 is 2.85 bits per heavy atom. The Kier molecular flexibility index (Phi) is 1.53. The second kappa shape index (κ2) is 2.71. The van der Waals surface area contributed by atoms with Gasteiger partial charge in [0.15, 0.2) is 0 Å². The quantitative estimate of drug-likeness (QED) is 0.468. The maximum atomic E-state index is 5.58. The Morgan fingerprint density at radius 2 is 2.00 bits per heavy atom. The van der Waals surface area contributed by atoms with Crippen LogP contribution < -0.4 is 0 Å². The average molecular weight is 172 g/mol. The smallest absolute Gasteiger partial charge is 0.0947 e. The Labute approximate surface area is 78.0 Å². The summed E-state index contributed by atoms with van der Waals surface area (Å²) in [5.74, 6) is 0.500. The minimum absolute atomic E-state index is 0.465. The fourth-order valence-electron chi connectivity index (χ4n) is 2.11. The third-order valence-electron chi connectivity index (χ3n) is 2.87. The minimum Gasteiger partial charge on any atom is -0.368 e. The summed E-state index contributed by atoms with van der Waals surface area (Å²) in [6.45, 7) is 0. The molecule has 0 bridgehead atoms. The van der Waals surface area contributed by atoms with Crippen LogP contribution in [0.5, 0.6) is 0 Å². The lowest BCUT2D eigenvalue weighted by molar-refractivity contribution is 0.366. The molecule has 1 aromatic carbocycles. The van der Waals surface area contributed by atoms with Crippen LogP contribution in [0.2, 0.25) is 0 Å². The Bertz CT molecular complexity index is 328. The summed E-state index contributed by atoms with van der Waals surface area (Å²) in [7, 11) is 0. The van der Waals surface area contributed by atoms with Crippen LogP contribution in [-0.4, -0.2) is 12.2 Å². The molecular formula is C12H12O. The Hall–Kier alpha value is -1.08. The van der Waals surface area contributed by atoms with Gasteiger partial charge in [0.05, 0.1) is 12.2 Å². The highest BCUT2D eigenvalue weighted by atomic mass is 16.6. The predicted molar refractivity (Wildman–Crippen MR) is 51.6 cm³/mol. The van der Waals surface area contributed by atoms with Gasteiger partial charge in [0.2, 0.25) is 0 Å². The number of benzene rings is 1. The molecule has 1 aromatic rings. The van der Waals surface area contributed by atoms with E-state index >= 15 is 0 Å². The van der Waals surface area contributed by atoms with Crippen LogP contribution >= 0.6 is 0 Å². The SMILES string of the molecule is C1=C[C@H](c2ccccc2)[C@H]2O[C@@H]2C1. The molecule has 2 aliphatic rings. The molecule has 1 heteroatoms. The minimum atomic E-state index is 0.465. The molecule has 1 aliphatic heterocycles. The zero-order chi connectivity index (χ0) is 8.67. The molecule has 0 aromatic heterocycles. The molecule has 3 rings (SSSR count). The van der Waals surface area contributed by atoms with Gasteiger partial charge in [-0.25, -0.2) is 0 Å². The van der Waals surface area contributed by atoms with Gasteiger partial charge in [0.1, 0.15) is 0 Å². The molecule has 0 N–H and O–H groups in total. The first-order chi connectivity index (χ1) is 6.45. The van der Waals surface area contributed by atoms with Crippen LogP contribution in [0.1, 0.15) is 17.9 Å². The summed E-state index contributed by atoms with van der Waals surface area (Å²) in [5.41, 5.74) is 1.38. The van der Waals surface area contributed by atoms with Crippen molar-refractivity contribution in [3.05, 3.63) is 48.0 Å². The molecule has 0 radical (unpaired) electrons. The Balaban J connectivity index is 1.93. The molecule has 1 nitrogen and oxygen atoms in total. The van der Waals surface area contributed by atoms with E-state index in [1.54, 1.807) is 0 Å². The molecule has 3 atom stereocenters. The van der Waals surface area contributed by atoms with E-state index in [1.807, 2.05) is 0 Å². The van der Waals surface area contributed by atoms with Crippen molar-refractivity contribution in [2.24, 2.45) is 0 Å². The molecule has 1 aliphatic carbocycles. The molecule has 13 heavy (non-hydrogen) atoms. The van der Waals surface area contributed by atoms with Crippen molar-refractivity contribution in [2.75, 3.05) is 0 Å². The molecule has 0 unspecified atom stereocenters. The third-order valence-corrected chi connectivity index (χ3v) is 2.87. The first-order valence-corrected chi connectivity index (χ1v) is 4.82. The first-order valence-electron chi connectivity index (χ1n) is 4.82. The van der Waals surface area contributed by atoms with Crippen LogP contribution in [0.25, 0.3) is 0 Å². The molecule has 0 saturated carbocycles. The molecular weight excluding hydrogens is 160 g/mol. The van der Waals surface area contributed by atoms with E-state index in [0.29, 0.717) is 18.1 Å². The molecule has 0 amide bonds. The number of hydrogen-bond donors (Lipinski definition) is 0. The molecule has 1 saturated heterocycles. The van der Waals surface area contributed by atoms with Gasteiger partial charge in [0, 0.05) is 5.92 Å². The second-order valence-electron chi connectivity index (χ2n) is 3.74. The van der Waals surface area contributed by atoms with E-state index in [-0.39, 0.29) is 0 Å². The van der Waals surface area contributed by atoms with Gasteiger partial charge in [-0.05, 0) is 12.0 Å². The normalized spacial score (nSPS) is 35.5. The van der Waals surface area contributed by atoms with E-state index in [4.69, 9.17) is 4.74 Å². The van der Waals surface area contributed by atoms with Gasteiger partial charge >= 0.3 is 0 Å². The zero-order valence-electron chi connectivity index (χ0n) is 7.39. The first kappa shape index (κ1) is 7.34. The second-order valence-corrected chi connectivity index (χ2v) is 3.74. The van der Waals surface area contributed by atoms with Crippen LogP contribution in [0.4, 0.5) is 0 Å². The van der Waals surface area contributed by atoms with Gasteiger partial charge in [-0.15, -0.1) is 0 Å². The number of hydrogen-bond acceptors (Lipinski definition) is 1. The molecule has 1 heterocycles. The van der Waals surface area contributed by atoms with Crippen LogP contribution in [0, 0.1) is 0 Å². The summed E-state index contributed by atoms with van der Waals surface area (Å²) in [5, 5.41) is 0. The van der Waals surface area contributed by atoms with Crippen molar-refractivity contribution in [3.8, 4) is 0 Å². The average Bonchev–Trinajstić information content (AvgIpc) is 2.97. The van der Waals surface area contributed by atoms with E-state index in [9.17, 15) is 0 Å². The molecule has 0 spiro atoms. The molecule has 1 fully saturated rings. The lowest BCUT2D eigenvalue weighted by atomic mass is 9.89. The summed E-state index contributed by atoms with van der Waals surface area (Å²) in [6.07, 6.45) is 6.60. The van der Waals surface area contributed by atoms with Crippen molar-refractivity contribution >= 4 is 0 Å². The van der Waals surface area contributed by atoms with Gasteiger partial charge in [0.25, 0.3) is 0 Å². The number of ether oxygens (including phenoxy) is 1. The maximum Gasteiger partial charge on any atom is 0.0947 e. The third kappa shape index (κ3) is 1.20. The summed E-state index contributed by atoms with van der Waals surface area (Å²) >= 11 is 0. The maximum absolute atomic E-state index is 5.58. The standard InChI is InChI=1S/C12H12O/c1-2-5-9(6-3-1)10-7-4-8-11-12(10)13-11/h1-7,10-12H,8H2/t10-,11-,12-/m1/s1. The highest BCUT2D eigenvalue weighted by molar-refractivity contribution is 5.30. The van der Waals surface area contributed by atoms with Gasteiger partial charge in [-0.2, -0.15) is 0 Å². The van der Waals surface area contributed by atoms with Crippen molar-refractivity contribution in [1.82, 2.24) is 0 Å². The molecule has 66 valence electrons. The van der Waals surface area contributed by atoms with Gasteiger partial charge < -0.3 is 4.74 Å². The van der Waals surface area contributed by atoms with Gasteiger partial charge in [-0.3, -0.25) is 0 Å². The topological polar surface area (TPSA) is 12.5 Å². The van der Waals surface area contributed by atoms with E-state index < -0.39 is 0 Å². The monoisotopic (exact) mass is 172 g/mol. The van der Waals surface area contributed by atoms with E-state index in [2.05, 4.69) is 42.5 Å². The number of fused-ring (bicyclic) bond motifs is 1. The highest BCUT2D eigenvalue weighted by Gasteiger charge is 2.45. The number of epoxide rings is 1. The van der Waals surface area contributed by atoms with E-state index in [0.717, 1.165) is 6.42 Å². The summed E-state index contributed by atoms with van der Waals surface area (Å²) < 4.78 is 5.58. The van der Waals surface area contributed by atoms with Crippen LogP contribution in [0.15, 0.2) is 42.5 Å². The number of rotatable bonds is 1. The van der Waals surface area contributed by atoms with Crippen molar-refractivity contribution in [1.29, 1.82) is 0 Å². The van der Waals surface area contributed by atoms with Crippen molar-refractivity contribution < 1.29 is 4.74 Å². The zero-order valence-corrected chi connectivity index (χ0v) is 7.39. The summed E-state index contributed by atoms with van der Waals surface area (Å²) in [4.78, 5) is 0.